The number of anilines is 1. The standard InChI is InChI=1S/C21H22BrN5O/c22-18-8-4-7-17(13-18)20-24-25-21(26-11-9-16(10-12-26)19(23)28)27(20)14-15-5-2-1-3-6-15/h1-8,13,16H,9-12,14H2,(H2,23,28). The Morgan fingerprint density at radius 1 is 1.07 bits per heavy atom. The van der Waals surface area contributed by atoms with Gasteiger partial charge in [-0.1, -0.05) is 58.4 Å². The number of aromatic nitrogens is 3. The molecule has 0 bridgehead atoms. The van der Waals surface area contributed by atoms with Crippen LogP contribution < -0.4 is 10.6 Å². The van der Waals surface area contributed by atoms with Crippen LogP contribution in [0.1, 0.15) is 18.4 Å². The minimum atomic E-state index is -0.208. The molecule has 28 heavy (non-hydrogen) atoms. The fourth-order valence-corrected chi connectivity index (χ4v) is 4.04. The zero-order valence-electron chi connectivity index (χ0n) is 15.5. The molecule has 6 nitrogen and oxygen atoms in total. The number of nitrogens with two attached hydrogens (primary N) is 1. The molecule has 2 aromatic carbocycles. The highest BCUT2D eigenvalue weighted by Gasteiger charge is 2.27. The third kappa shape index (κ3) is 3.94. The first kappa shape index (κ1) is 18.7. The van der Waals surface area contributed by atoms with Crippen LogP contribution in [0, 0.1) is 5.92 Å². The molecular weight excluding hydrogens is 418 g/mol. The van der Waals surface area contributed by atoms with E-state index < -0.39 is 0 Å². The Labute approximate surface area is 172 Å². The molecular formula is C21H22BrN5O. The average Bonchev–Trinajstić information content (AvgIpc) is 3.12. The predicted molar refractivity (Wildman–Crippen MR) is 113 cm³/mol. The molecule has 0 radical (unpaired) electrons. The second-order valence-corrected chi connectivity index (χ2v) is 7.99. The zero-order chi connectivity index (χ0) is 19.5. The first-order valence-electron chi connectivity index (χ1n) is 9.39. The second-order valence-electron chi connectivity index (χ2n) is 7.07. The molecule has 1 aliphatic rings. The van der Waals surface area contributed by atoms with E-state index in [4.69, 9.17) is 5.73 Å². The lowest BCUT2D eigenvalue weighted by Gasteiger charge is -2.31. The van der Waals surface area contributed by atoms with Crippen LogP contribution >= 0.6 is 15.9 Å². The lowest BCUT2D eigenvalue weighted by atomic mass is 9.96. The van der Waals surface area contributed by atoms with E-state index in [0.717, 1.165) is 47.7 Å². The Morgan fingerprint density at radius 3 is 2.50 bits per heavy atom. The molecule has 144 valence electrons. The summed E-state index contributed by atoms with van der Waals surface area (Å²) >= 11 is 3.54. The van der Waals surface area contributed by atoms with Crippen molar-refractivity contribution in [2.45, 2.75) is 19.4 Å². The molecule has 1 fully saturated rings. The van der Waals surface area contributed by atoms with E-state index >= 15 is 0 Å². The van der Waals surface area contributed by atoms with Gasteiger partial charge in [-0.15, -0.1) is 10.2 Å². The number of nitrogens with zero attached hydrogens (tertiary/aromatic N) is 4. The lowest BCUT2D eigenvalue weighted by Crippen LogP contribution is -2.39. The van der Waals surface area contributed by atoms with Crippen molar-refractivity contribution in [3.63, 3.8) is 0 Å². The summed E-state index contributed by atoms with van der Waals surface area (Å²) in [6.45, 7) is 2.18. The van der Waals surface area contributed by atoms with Crippen LogP contribution in [0.5, 0.6) is 0 Å². The lowest BCUT2D eigenvalue weighted by molar-refractivity contribution is -0.122. The van der Waals surface area contributed by atoms with Crippen molar-refractivity contribution in [2.24, 2.45) is 11.7 Å². The van der Waals surface area contributed by atoms with Crippen LogP contribution in [-0.4, -0.2) is 33.8 Å². The molecule has 7 heteroatoms. The quantitative estimate of drug-likeness (QED) is 0.660. The Kier molecular flexibility index (Phi) is 5.43. The van der Waals surface area contributed by atoms with Gasteiger partial charge in [-0.25, -0.2) is 0 Å². The fourth-order valence-electron chi connectivity index (χ4n) is 3.65. The van der Waals surface area contributed by atoms with Gasteiger partial charge < -0.3 is 10.6 Å². The van der Waals surface area contributed by atoms with Crippen LogP contribution in [0.4, 0.5) is 5.95 Å². The number of hydrogen-bond donors (Lipinski definition) is 1. The summed E-state index contributed by atoms with van der Waals surface area (Å²) in [5.74, 6) is 1.41. The van der Waals surface area contributed by atoms with Gasteiger partial charge in [-0.3, -0.25) is 9.36 Å². The third-order valence-corrected chi connectivity index (χ3v) is 5.67. The number of amides is 1. The highest BCUT2D eigenvalue weighted by atomic mass is 79.9. The number of piperidine rings is 1. The Bertz CT molecular complexity index is 964. The first-order chi connectivity index (χ1) is 13.6. The van der Waals surface area contributed by atoms with Gasteiger partial charge in [-0.05, 0) is 30.5 Å². The average molecular weight is 440 g/mol. The van der Waals surface area contributed by atoms with E-state index in [9.17, 15) is 4.79 Å². The van der Waals surface area contributed by atoms with Crippen molar-refractivity contribution >= 4 is 27.8 Å². The van der Waals surface area contributed by atoms with Crippen molar-refractivity contribution in [1.82, 2.24) is 14.8 Å². The zero-order valence-corrected chi connectivity index (χ0v) is 17.0. The van der Waals surface area contributed by atoms with Gasteiger partial charge in [0.25, 0.3) is 0 Å². The molecule has 1 saturated heterocycles. The monoisotopic (exact) mass is 439 g/mol. The third-order valence-electron chi connectivity index (χ3n) is 5.18. The first-order valence-corrected chi connectivity index (χ1v) is 10.2. The number of benzene rings is 2. The number of primary amides is 1. The number of hydrogen-bond acceptors (Lipinski definition) is 4. The number of halogens is 1. The molecule has 2 N–H and O–H groups in total. The van der Waals surface area contributed by atoms with Gasteiger partial charge in [0.05, 0.1) is 6.54 Å². The van der Waals surface area contributed by atoms with Crippen molar-refractivity contribution in [3.05, 3.63) is 64.6 Å². The summed E-state index contributed by atoms with van der Waals surface area (Å²) in [5.41, 5.74) is 7.68. The summed E-state index contributed by atoms with van der Waals surface area (Å²) in [6.07, 6.45) is 1.50. The molecule has 0 atom stereocenters. The van der Waals surface area contributed by atoms with Crippen LogP contribution in [0.3, 0.4) is 0 Å². The normalized spacial score (nSPS) is 15.0. The van der Waals surface area contributed by atoms with E-state index in [1.54, 1.807) is 0 Å². The van der Waals surface area contributed by atoms with Gasteiger partial charge >= 0.3 is 0 Å². The smallest absolute Gasteiger partial charge is 0.227 e. The molecule has 3 aromatic rings. The molecule has 0 aliphatic carbocycles. The van der Waals surface area contributed by atoms with E-state index in [1.807, 2.05) is 36.4 Å². The SMILES string of the molecule is NC(=O)C1CCN(c2nnc(-c3cccc(Br)c3)n2Cc2ccccc2)CC1. The molecule has 0 saturated carbocycles. The van der Waals surface area contributed by atoms with Crippen LogP contribution in [0.2, 0.25) is 0 Å². The van der Waals surface area contributed by atoms with E-state index in [1.165, 1.54) is 5.56 Å². The summed E-state index contributed by atoms with van der Waals surface area (Å²) in [5, 5.41) is 9.03. The number of carbonyl (C=O) groups excluding carboxylic acids is 1. The van der Waals surface area contributed by atoms with Gasteiger partial charge in [0.2, 0.25) is 11.9 Å². The molecule has 0 spiro atoms. The maximum absolute atomic E-state index is 11.5. The number of carbonyl (C=O) groups is 1. The Balaban J connectivity index is 1.69. The van der Waals surface area contributed by atoms with Crippen molar-refractivity contribution < 1.29 is 4.79 Å². The Morgan fingerprint density at radius 2 is 1.82 bits per heavy atom. The van der Waals surface area contributed by atoms with Gasteiger partial charge in [-0.2, -0.15) is 0 Å². The highest BCUT2D eigenvalue weighted by Crippen LogP contribution is 2.28. The van der Waals surface area contributed by atoms with E-state index in [0.29, 0.717) is 6.54 Å². The molecule has 4 rings (SSSR count). The van der Waals surface area contributed by atoms with Gasteiger partial charge in [0, 0.05) is 29.0 Å². The number of rotatable bonds is 5. The largest absolute Gasteiger partial charge is 0.369 e. The Hall–Kier alpha value is -2.67. The summed E-state index contributed by atoms with van der Waals surface area (Å²) in [6, 6.07) is 18.4. The maximum Gasteiger partial charge on any atom is 0.227 e. The van der Waals surface area contributed by atoms with Crippen molar-refractivity contribution in [3.8, 4) is 11.4 Å². The summed E-state index contributed by atoms with van der Waals surface area (Å²) < 4.78 is 3.16. The van der Waals surface area contributed by atoms with E-state index in [-0.39, 0.29) is 11.8 Å². The maximum atomic E-state index is 11.5. The second kappa shape index (κ2) is 8.14. The molecule has 1 aliphatic heterocycles. The molecule has 1 aromatic heterocycles. The van der Waals surface area contributed by atoms with Crippen LogP contribution in [0.15, 0.2) is 59.1 Å². The van der Waals surface area contributed by atoms with Crippen molar-refractivity contribution in [2.75, 3.05) is 18.0 Å². The van der Waals surface area contributed by atoms with E-state index in [2.05, 4.69) is 53.8 Å². The molecule has 0 unspecified atom stereocenters. The topological polar surface area (TPSA) is 77.0 Å². The molecule has 1 amide bonds. The van der Waals surface area contributed by atoms with Gasteiger partial charge in [0.1, 0.15) is 0 Å². The van der Waals surface area contributed by atoms with Crippen molar-refractivity contribution in [1.29, 1.82) is 0 Å². The summed E-state index contributed by atoms with van der Waals surface area (Å²) in [7, 11) is 0. The molecule has 2 heterocycles. The highest BCUT2D eigenvalue weighted by molar-refractivity contribution is 9.10. The minimum Gasteiger partial charge on any atom is -0.369 e. The van der Waals surface area contributed by atoms with Crippen LogP contribution in [-0.2, 0) is 11.3 Å². The van der Waals surface area contributed by atoms with Gasteiger partial charge in [0.15, 0.2) is 5.82 Å². The fraction of sp³-hybridized carbons (Fsp3) is 0.286. The van der Waals surface area contributed by atoms with Crippen LogP contribution in [0.25, 0.3) is 11.4 Å². The predicted octanol–water partition coefficient (Wildman–Crippen LogP) is 3.46. The minimum absolute atomic E-state index is 0.0497. The summed E-state index contributed by atoms with van der Waals surface area (Å²) in [4.78, 5) is 13.7.